The molecule has 1 aliphatic heterocycles. The third kappa shape index (κ3) is 5.33. The lowest BCUT2D eigenvalue weighted by molar-refractivity contribution is 0.748. The number of aromatic nitrogens is 1. The van der Waals surface area contributed by atoms with Crippen LogP contribution in [0.1, 0.15) is 44.5 Å². The molecule has 0 N–H and O–H groups in total. The largest absolute Gasteiger partial charge is 0.310 e. The molecule has 0 fully saturated rings. The van der Waals surface area contributed by atoms with Crippen molar-refractivity contribution < 1.29 is 0 Å². The molecule has 12 aromatic carbocycles. The van der Waals surface area contributed by atoms with Gasteiger partial charge in [0.2, 0.25) is 0 Å². The number of fused-ring (bicyclic) bond motifs is 16. The predicted octanol–water partition coefficient (Wildman–Crippen LogP) is 18.1. The summed E-state index contributed by atoms with van der Waals surface area (Å²) < 4.78 is 2.52. The Balaban J connectivity index is 0.903. The highest BCUT2D eigenvalue weighted by atomic mass is 15.1. The molecule has 2 heteroatoms. The van der Waals surface area contributed by atoms with Gasteiger partial charge in [0, 0.05) is 27.5 Å². The Morgan fingerprint density at radius 1 is 0.311 bits per heavy atom. The van der Waals surface area contributed by atoms with Gasteiger partial charge in [-0.1, -0.05) is 237 Å². The lowest BCUT2D eigenvalue weighted by Gasteiger charge is -2.39. The van der Waals surface area contributed by atoms with Crippen molar-refractivity contribution in [3.05, 3.63) is 324 Å². The van der Waals surface area contributed by atoms with Crippen LogP contribution < -0.4 is 4.90 Å². The molecule has 3 aliphatic rings. The topological polar surface area (TPSA) is 8.17 Å². The average molecular weight is 939 g/mol. The molecule has 2 heterocycles. The first kappa shape index (κ1) is 41.2. The van der Waals surface area contributed by atoms with Gasteiger partial charge in [-0.3, -0.25) is 0 Å². The Kier molecular flexibility index (Phi) is 8.62. The standard InChI is InChI=1S/C72H46N2/c1-3-22-49(23-4-1)71(50-24-5-2-6-25-50)60-32-12-9-27-55(60)56-45-44-52(46-65(56)71)73(66-39-17-21-47-20-7-8-26-53(47)66)51-42-40-48(41-43-51)54-30-18-35-63-69(54)59-29-10-13-33-61(59)72(63)62-34-14-16-38-68(62)74-67-37-15-11-28-57(67)58-31-19-36-64(72)70(58)74/h1-46H. The molecule has 16 rings (SSSR count). The SMILES string of the molecule is c1ccc(C2(c3ccccc3)c3ccccc3-c3ccc(N(c4ccc(-c5cccc6c5-c5ccccc5C65c6ccccc6-n6c7ccccc7c7cccc5c76)cc4)c4cccc5ccccc45)cc32)cc1. The van der Waals surface area contributed by atoms with Gasteiger partial charge < -0.3 is 9.47 Å². The first-order valence-electron chi connectivity index (χ1n) is 25.8. The maximum absolute atomic E-state index is 2.52. The van der Waals surface area contributed by atoms with Crippen molar-refractivity contribution in [3.8, 4) is 39.1 Å². The fourth-order valence-corrected chi connectivity index (χ4v) is 14.0. The normalized spacial score (nSPS) is 15.2. The number of hydrogen-bond donors (Lipinski definition) is 0. The summed E-state index contributed by atoms with van der Waals surface area (Å²) in [5, 5.41) is 4.98. The Morgan fingerprint density at radius 3 is 1.65 bits per heavy atom. The molecule has 344 valence electrons. The molecule has 2 aliphatic carbocycles. The Labute approximate surface area is 430 Å². The molecule has 0 radical (unpaired) electrons. The van der Waals surface area contributed by atoms with E-state index in [4.69, 9.17) is 0 Å². The first-order valence-corrected chi connectivity index (χ1v) is 25.8. The molecule has 13 aromatic rings. The van der Waals surface area contributed by atoms with Gasteiger partial charge in [0.05, 0.1) is 33.2 Å². The van der Waals surface area contributed by atoms with Crippen LogP contribution in [0.25, 0.3) is 71.6 Å². The second-order valence-corrected chi connectivity index (χ2v) is 20.2. The van der Waals surface area contributed by atoms with Gasteiger partial charge in [-0.15, -0.1) is 0 Å². The summed E-state index contributed by atoms with van der Waals surface area (Å²) in [6, 6.07) is 105. The molecule has 1 aromatic heterocycles. The fourth-order valence-electron chi connectivity index (χ4n) is 14.0. The molecule has 0 bridgehead atoms. The minimum atomic E-state index is -0.527. The van der Waals surface area contributed by atoms with Crippen LogP contribution in [0.2, 0.25) is 0 Å². The highest BCUT2D eigenvalue weighted by Crippen LogP contribution is 2.63. The van der Waals surface area contributed by atoms with E-state index in [9.17, 15) is 0 Å². The lowest BCUT2D eigenvalue weighted by atomic mass is 9.65. The number of hydrogen-bond acceptors (Lipinski definition) is 1. The van der Waals surface area contributed by atoms with Crippen LogP contribution in [0.4, 0.5) is 17.1 Å². The number of nitrogens with zero attached hydrogens (tertiary/aromatic N) is 2. The van der Waals surface area contributed by atoms with E-state index < -0.39 is 10.8 Å². The van der Waals surface area contributed by atoms with Crippen LogP contribution in [-0.4, -0.2) is 4.57 Å². The summed E-state index contributed by atoms with van der Waals surface area (Å²) in [6.07, 6.45) is 0. The summed E-state index contributed by atoms with van der Waals surface area (Å²) in [5.41, 5.74) is 24.0. The van der Waals surface area contributed by atoms with E-state index in [1.165, 1.54) is 116 Å². The molecule has 1 atom stereocenters. The van der Waals surface area contributed by atoms with Gasteiger partial charge in [0.1, 0.15) is 0 Å². The van der Waals surface area contributed by atoms with E-state index in [1.54, 1.807) is 0 Å². The Morgan fingerprint density at radius 2 is 0.851 bits per heavy atom. The zero-order valence-electron chi connectivity index (χ0n) is 40.5. The number of para-hydroxylation sites is 3. The second-order valence-electron chi connectivity index (χ2n) is 20.2. The number of anilines is 3. The van der Waals surface area contributed by atoms with Crippen molar-refractivity contribution in [2.45, 2.75) is 10.8 Å². The van der Waals surface area contributed by atoms with E-state index in [-0.39, 0.29) is 0 Å². The fraction of sp³-hybridized carbons (Fsp3) is 0.0278. The number of benzene rings is 12. The van der Waals surface area contributed by atoms with Crippen LogP contribution in [0.3, 0.4) is 0 Å². The summed E-state index contributed by atoms with van der Waals surface area (Å²) in [6.45, 7) is 0. The average Bonchev–Trinajstić information content (AvgIpc) is 4.15. The Bertz CT molecular complexity index is 4390. The molecule has 2 nitrogen and oxygen atoms in total. The zero-order chi connectivity index (χ0) is 48.5. The third-order valence-corrected chi connectivity index (χ3v) is 16.9. The molecule has 0 saturated carbocycles. The van der Waals surface area contributed by atoms with Gasteiger partial charge in [0.25, 0.3) is 0 Å². The van der Waals surface area contributed by atoms with E-state index in [2.05, 4.69) is 289 Å². The predicted molar refractivity (Wildman–Crippen MR) is 307 cm³/mol. The van der Waals surface area contributed by atoms with E-state index in [0.29, 0.717) is 0 Å². The van der Waals surface area contributed by atoms with Crippen molar-refractivity contribution in [2.75, 3.05) is 4.90 Å². The quantitative estimate of drug-likeness (QED) is 0.161. The van der Waals surface area contributed by atoms with E-state index in [1.807, 2.05) is 0 Å². The van der Waals surface area contributed by atoms with Gasteiger partial charge in [0.15, 0.2) is 0 Å². The zero-order valence-corrected chi connectivity index (χ0v) is 40.5. The maximum Gasteiger partial charge on any atom is 0.0754 e. The molecule has 0 saturated heterocycles. The van der Waals surface area contributed by atoms with Crippen LogP contribution in [0.5, 0.6) is 0 Å². The monoisotopic (exact) mass is 938 g/mol. The molecule has 1 unspecified atom stereocenters. The molecule has 0 amide bonds. The van der Waals surface area contributed by atoms with E-state index in [0.717, 1.165) is 17.1 Å². The molecular formula is C72H46N2. The first-order chi connectivity index (χ1) is 36.7. The highest BCUT2D eigenvalue weighted by molar-refractivity contribution is 6.13. The van der Waals surface area contributed by atoms with Gasteiger partial charge >= 0.3 is 0 Å². The molecule has 1 spiro atoms. The smallest absolute Gasteiger partial charge is 0.0754 e. The van der Waals surface area contributed by atoms with Crippen LogP contribution in [-0.2, 0) is 10.8 Å². The highest BCUT2D eigenvalue weighted by Gasteiger charge is 2.51. The minimum Gasteiger partial charge on any atom is -0.310 e. The minimum absolute atomic E-state index is 0.518. The molecule has 74 heavy (non-hydrogen) atoms. The van der Waals surface area contributed by atoms with Crippen LogP contribution in [0.15, 0.2) is 279 Å². The summed E-state index contributed by atoms with van der Waals surface area (Å²) in [7, 11) is 0. The van der Waals surface area contributed by atoms with E-state index >= 15 is 0 Å². The summed E-state index contributed by atoms with van der Waals surface area (Å²) >= 11 is 0. The van der Waals surface area contributed by atoms with Crippen molar-refractivity contribution in [1.29, 1.82) is 0 Å². The van der Waals surface area contributed by atoms with Crippen molar-refractivity contribution in [3.63, 3.8) is 0 Å². The van der Waals surface area contributed by atoms with Gasteiger partial charge in [-0.2, -0.15) is 0 Å². The number of rotatable bonds is 6. The van der Waals surface area contributed by atoms with Gasteiger partial charge in [-0.05, 0) is 126 Å². The van der Waals surface area contributed by atoms with Crippen LogP contribution >= 0.6 is 0 Å². The second kappa shape index (κ2) is 15.5. The van der Waals surface area contributed by atoms with Crippen LogP contribution in [0, 0.1) is 0 Å². The van der Waals surface area contributed by atoms with Crippen molar-refractivity contribution in [2.24, 2.45) is 0 Å². The summed E-state index contributed by atoms with van der Waals surface area (Å²) in [4.78, 5) is 2.48. The Hall–Kier alpha value is -9.50. The third-order valence-electron chi connectivity index (χ3n) is 16.9. The van der Waals surface area contributed by atoms with Crippen molar-refractivity contribution in [1.82, 2.24) is 4.57 Å². The lowest BCUT2D eigenvalue weighted by Crippen LogP contribution is -2.33. The molecular weight excluding hydrogens is 893 g/mol. The van der Waals surface area contributed by atoms with Crippen molar-refractivity contribution >= 4 is 49.6 Å². The summed E-state index contributed by atoms with van der Waals surface area (Å²) in [5.74, 6) is 0. The maximum atomic E-state index is 2.52. The van der Waals surface area contributed by atoms with Gasteiger partial charge in [-0.25, -0.2) is 0 Å².